The second-order valence-electron chi connectivity index (χ2n) is 6.95. The largest absolute Gasteiger partial charge is 0.324 e. The highest BCUT2D eigenvalue weighted by molar-refractivity contribution is 8.01. The zero-order valence-corrected chi connectivity index (χ0v) is 18.4. The first kappa shape index (κ1) is 20.5. The summed E-state index contributed by atoms with van der Waals surface area (Å²) < 4.78 is 4.89. The third-order valence-electron chi connectivity index (χ3n) is 4.66. The highest BCUT2D eigenvalue weighted by Gasteiger charge is 2.12. The van der Waals surface area contributed by atoms with Crippen molar-refractivity contribution >= 4 is 55.9 Å². The normalized spacial score (nSPS) is 11.4. The first-order valence-electron chi connectivity index (χ1n) is 9.75. The summed E-state index contributed by atoms with van der Waals surface area (Å²) in [6.07, 6.45) is 6.48. The van der Waals surface area contributed by atoms with Crippen molar-refractivity contribution in [2.45, 2.75) is 37.1 Å². The number of unbranched alkanes of at least 4 members (excludes halogenated alkanes) is 2. The maximum atomic E-state index is 12.5. The van der Waals surface area contributed by atoms with Crippen LogP contribution >= 0.6 is 23.1 Å². The second kappa shape index (κ2) is 8.97. The minimum atomic E-state index is -0.292. The quantitative estimate of drug-likeness (QED) is 0.331. The molecule has 0 saturated heterocycles. The molecule has 4 rings (SSSR count). The predicted molar refractivity (Wildman–Crippen MR) is 121 cm³/mol. The molecule has 0 aliphatic heterocycles. The summed E-state index contributed by atoms with van der Waals surface area (Å²) in [4.78, 5) is 33.9. The van der Waals surface area contributed by atoms with Gasteiger partial charge in [-0.3, -0.25) is 18.8 Å². The lowest BCUT2D eigenvalue weighted by molar-refractivity contribution is -0.116. The molecule has 1 amide bonds. The van der Waals surface area contributed by atoms with Gasteiger partial charge in [0.25, 0.3) is 5.56 Å². The van der Waals surface area contributed by atoms with Crippen LogP contribution in [0.1, 0.15) is 26.2 Å². The number of amides is 1. The molecule has 30 heavy (non-hydrogen) atoms. The number of hydrogen-bond acceptors (Lipinski definition) is 7. The highest BCUT2D eigenvalue weighted by Crippen LogP contribution is 2.31. The van der Waals surface area contributed by atoms with Gasteiger partial charge < -0.3 is 5.32 Å². The number of anilines is 1. The van der Waals surface area contributed by atoms with Crippen LogP contribution in [0.15, 0.2) is 39.9 Å². The van der Waals surface area contributed by atoms with Crippen LogP contribution in [0.5, 0.6) is 0 Å². The monoisotopic (exact) mass is 442 g/mol. The van der Waals surface area contributed by atoms with Crippen molar-refractivity contribution in [1.82, 2.24) is 24.3 Å². The van der Waals surface area contributed by atoms with Crippen molar-refractivity contribution < 1.29 is 4.79 Å². The van der Waals surface area contributed by atoms with E-state index in [1.165, 1.54) is 41.0 Å². The SMILES string of the molecule is CCCCCSc1nc2ccc(NC(=O)Cn3cnc4c(cnn4C)c3=O)cc2s1. The summed E-state index contributed by atoms with van der Waals surface area (Å²) in [6.45, 7) is 2.08. The number of carbonyl (C=O) groups is 1. The van der Waals surface area contributed by atoms with Crippen LogP contribution in [0.25, 0.3) is 21.3 Å². The Bertz CT molecular complexity index is 1260. The minimum Gasteiger partial charge on any atom is -0.324 e. The lowest BCUT2D eigenvalue weighted by atomic mass is 10.3. The molecule has 8 nitrogen and oxygen atoms in total. The number of thioether (sulfide) groups is 1. The maximum Gasteiger partial charge on any atom is 0.264 e. The first-order chi connectivity index (χ1) is 14.5. The number of nitrogens with zero attached hydrogens (tertiary/aromatic N) is 5. The van der Waals surface area contributed by atoms with Gasteiger partial charge in [-0.15, -0.1) is 11.3 Å². The van der Waals surface area contributed by atoms with E-state index in [-0.39, 0.29) is 18.0 Å². The molecule has 0 spiro atoms. The van der Waals surface area contributed by atoms with Gasteiger partial charge in [-0.05, 0) is 24.6 Å². The molecule has 0 fully saturated rings. The van der Waals surface area contributed by atoms with Gasteiger partial charge in [0.1, 0.15) is 18.3 Å². The molecule has 156 valence electrons. The predicted octanol–water partition coefficient (Wildman–Crippen LogP) is 3.66. The molecule has 0 saturated carbocycles. The number of aryl methyl sites for hydroxylation is 1. The lowest BCUT2D eigenvalue weighted by Gasteiger charge is -2.07. The molecular formula is C20H22N6O2S2. The number of thiazole rings is 1. The second-order valence-corrected chi connectivity index (χ2v) is 9.32. The average molecular weight is 443 g/mol. The molecule has 0 aliphatic rings. The molecule has 0 radical (unpaired) electrons. The van der Waals surface area contributed by atoms with Gasteiger partial charge in [0.05, 0.1) is 16.4 Å². The lowest BCUT2D eigenvalue weighted by Crippen LogP contribution is -2.27. The van der Waals surface area contributed by atoms with E-state index in [1.54, 1.807) is 30.1 Å². The van der Waals surface area contributed by atoms with Crippen LogP contribution in [-0.4, -0.2) is 36.0 Å². The van der Waals surface area contributed by atoms with Gasteiger partial charge in [0.2, 0.25) is 5.91 Å². The van der Waals surface area contributed by atoms with Crippen LogP contribution in [-0.2, 0) is 18.4 Å². The Balaban J connectivity index is 1.44. The summed E-state index contributed by atoms with van der Waals surface area (Å²) in [5.74, 6) is 0.779. The third-order valence-corrected chi connectivity index (χ3v) is 6.91. The van der Waals surface area contributed by atoms with Gasteiger partial charge in [0, 0.05) is 18.5 Å². The van der Waals surface area contributed by atoms with Crippen LogP contribution in [0.3, 0.4) is 0 Å². The number of carbonyl (C=O) groups excluding carboxylic acids is 1. The highest BCUT2D eigenvalue weighted by atomic mass is 32.2. The van der Waals surface area contributed by atoms with E-state index in [0.29, 0.717) is 16.7 Å². The average Bonchev–Trinajstić information content (AvgIpc) is 3.30. The van der Waals surface area contributed by atoms with Crippen LogP contribution in [0, 0.1) is 0 Å². The fourth-order valence-corrected chi connectivity index (χ4v) is 5.27. The van der Waals surface area contributed by atoms with Crippen LogP contribution < -0.4 is 10.9 Å². The number of rotatable bonds is 8. The van der Waals surface area contributed by atoms with Gasteiger partial charge in [-0.1, -0.05) is 31.5 Å². The van der Waals surface area contributed by atoms with E-state index >= 15 is 0 Å². The van der Waals surface area contributed by atoms with E-state index in [9.17, 15) is 9.59 Å². The molecule has 1 aromatic carbocycles. The summed E-state index contributed by atoms with van der Waals surface area (Å²) >= 11 is 3.41. The number of hydrogen-bond donors (Lipinski definition) is 1. The Kier molecular flexibility index (Phi) is 6.14. The fraction of sp³-hybridized carbons (Fsp3) is 0.350. The molecule has 0 atom stereocenters. The Morgan fingerprint density at radius 1 is 1.30 bits per heavy atom. The molecule has 10 heteroatoms. The molecule has 4 aromatic rings. The number of fused-ring (bicyclic) bond motifs is 2. The summed E-state index contributed by atoms with van der Waals surface area (Å²) in [5, 5.41) is 7.29. The van der Waals surface area contributed by atoms with Gasteiger partial charge >= 0.3 is 0 Å². The smallest absolute Gasteiger partial charge is 0.264 e. The van der Waals surface area contributed by atoms with Crippen molar-refractivity contribution in [2.24, 2.45) is 7.05 Å². The zero-order valence-electron chi connectivity index (χ0n) is 16.8. The third kappa shape index (κ3) is 4.39. The first-order valence-corrected chi connectivity index (χ1v) is 11.6. The minimum absolute atomic E-state index is 0.115. The van der Waals surface area contributed by atoms with Crippen molar-refractivity contribution in [1.29, 1.82) is 0 Å². The van der Waals surface area contributed by atoms with E-state index in [0.717, 1.165) is 20.3 Å². The maximum absolute atomic E-state index is 12.5. The molecule has 1 N–H and O–H groups in total. The molecule has 0 aliphatic carbocycles. The fourth-order valence-electron chi connectivity index (χ4n) is 3.09. The van der Waals surface area contributed by atoms with E-state index in [4.69, 9.17) is 0 Å². The van der Waals surface area contributed by atoms with Gasteiger partial charge in [-0.25, -0.2) is 9.97 Å². The van der Waals surface area contributed by atoms with Gasteiger partial charge in [-0.2, -0.15) is 5.10 Å². The van der Waals surface area contributed by atoms with Crippen LogP contribution in [0.2, 0.25) is 0 Å². The Morgan fingerprint density at radius 2 is 2.17 bits per heavy atom. The number of benzene rings is 1. The summed E-state index contributed by atoms with van der Waals surface area (Å²) in [7, 11) is 1.72. The molecule has 0 bridgehead atoms. The Hall–Kier alpha value is -2.72. The van der Waals surface area contributed by atoms with Crippen LogP contribution in [0.4, 0.5) is 5.69 Å². The number of aromatic nitrogens is 5. The molecule has 0 unspecified atom stereocenters. The standard InChI is InChI=1S/C20H22N6O2S2/c1-3-4-5-8-29-20-24-15-7-6-13(9-16(15)30-20)23-17(27)11-26-12-21-18-14(19(26)28)10-22-25(18)2/h6-7,9-10,12H,3-5,8,11H2,1-2H3,(H,23,27). The number of nitrogens with one attached hydrogen (secondary N) is 1. The summed E-state index contributed by atoms with van der Waals surface area (Å²) in [5.41, 5.74) is 1.82. The zero-order chi connectivity index (χ0) is 21.1. The van der Waals surface area contributed by atoms with Crippen molar-refractivity contribution in [2.75, 3.05) is 11.1 Å². The van der Waals surface area contributed by atoms with Gasteiger partial charge in [0.15, 0.2) is 9.99 Å². The topological polar surface area (TPSA) is 94.7 Å². The van der Waals surface area contributed by atoms with E-state index in [1.807, 2.05) is 18.2 Å². The Labute approximate surface area is 181 Å². The van der Waals surface area contributed by atoms with Crippen molar-refractivity contribution in [3.63, 3.8) is 0 Å². The molecule has 3 heterocycles. The molecular weight excluding hydrogens is 420 g/mol. The Morgan fingerprint density at radius 3 is 3.00 bits per heavy atom. The van der Waals surface area contributed by atoms with E-state index < -0.39 is 0 Å². The van der Waals surface area contributed by atoms with Crippen molar-refractivity contribution in [3.8, 4) is 0 Å². The van der Waals surface area contributed by atoms with Crippen molar-refractivity contribution in [3.05, 3.63) is 41.1 Å². The molecule has 3 aromatic heterocycles. The summed E-state index contributed by atoms with van der Waals surface area (Å²) in [6, 6.07) is 5.66. The van der Waals surface area contributed by atoms with E-state index in [2.05, 4.69) is 27.3 Å².